The molecule has 0 aromatic carbocycles. The molecule has 0 amide bonds. The standard InChI is InChI=1S/C17H17NOS.BrH/c1-12-15(11-13-5-2-3-7-16(13)18-12)17(19)9-8-14-6-4-10-20-14;/h4,6,8-11H,2-3,5,7H2,1H3;1H/b9-8+;. The first-order chi connectivity index (χ1) is 9.74. The van der Waals surface area contributed by atoms with Crippen LogP contribution in [0.3, 0.4) is 0 Å². The summed E-state index contributed by atoms with van der Waals surface area (Å²) in [6.45, 7) is 1.93. The Morgan fingerprint density at radius 2 is 2.14 bits per heavy atom. The number of hydrogen-bond donors (Lipinski definition) is 0. The number of hydrogen-bond acceptors (Lipinski definition) is 3. The average Bonchev–Trinajstić information content (AvgIpc) is 2.97. The van der Waals surface area contributed by atoms with Gasteiger partial charge in [0.05, 0.1) is 0 Å². The third-order valence-electron chi connectivity index (χ3n) is 3.70. The van der Waals surface area contributed by atoms with E-state index in [0.29, 0.717) is 0 Å². The first kappa shape index (κ1) is 16.1. The van der Waals surface area contributed by atoms with Crippen LogP contribution >= 0.6 is 28.3 Å². The number of thiophene rings is 1. The Balaban J connectivity index is 0.00000161. The summed E-state index contributed by atoms with van der Waals surface area (Å²) in [6.07, 6.45) is 8.06. The lowest BCUT2D eigenvalue weighted by molar-refractivity contribution is 0.104. The van der Waals surface area contributed by atoms with Gasteiger partial charge < -0.3 is 0 Å². The lowest BCUT2D eigenvalue weighted by atomic mass is 9.93. The van der Waals surface area contributed by atoms with Crippen LogP contribution in [0.2, 0.25) is 0 Å². The monoisotopic (exact) mass is 363 g/mol. The lowest BCUT2D eigenvalue weighted by Crippen LogP contribution is -2.10. The van der Waals surface area contributed by atoms with Crippen LogP contribution in [0, 0.1) is 6.92 Å². The summed E-state index contributed by atoms with van der Waals surface area (Å²) in [6, 6.07) is 6.05. The topological polar surface area (TPSA) is 30.0 Å². The molecule has 0 aliphatic heterocycles. The Morgan fingerprint density at radius 3 is 2.90 bits per heavy atom. The van der Waals surface area contributed by atoms with Gasteiger partial charge >= 0.3 is 0 Å². The number of carbonyl (C=O) groups is 1. The van der Waals surface area contributed by atoms with E-state index in [0.717, 1.165) is 29.0 Å². The van der Waals surface area contributed by atoms with E-state index in [1.165, 1.54) is 24.1 Å². The first-order valence-corrected chi connectivity index (χ1v) is 7.87. The molecule has 0 N–H and O–H groups in total. The summed E-state index contributed by atoms with van der Waals surface area (Å²) in [5.74, 6) is 0.0526. The number of ketones is 1. The average molecular weight is 364 g/mol. The van der Waals surface area contributed by atoms with Crippen molar-refractivity contribution < 1.29 is 4.79 Å². The summed E-state index contributed by atoms with van der Waals surface area (Å²) in [4.78, 5) is 18.1. The minimum absolute atomic E-state index is 0. The zero-order chi connectivity index (χ0) is 13.9. The molecule has 4 heteroatoms. The van der Waals surface area contributed by atoms with Gasteiger partial charge in [-0.1, -0.05) is 6.07 Å². The van der Waals surface area contributed by atoms with Crippen LogP contribution in [0.15, 0.2) is 29.7 Å². The van der Waals surface area contributed by atoms with Crippen LogP contribution in [-0.2, 0) is 12.8 Å². The Bertz CT molecular complexity index is 662. The van der Waals surface area contributed by atoms with Crippen LogP contribution in [-0.4, -0.2) is 10.8 Å². The third kappa shape index (κ3) is 3.69. The van der Waals surface area contributed by atoms with Gasteiger partial charge in [0, 0.05) is 21.8 Å². The molecule has 0 atom stereocenters. The number of aromatic nitrogens is 1. The fourth-order valence-corrected chi connectivity index (χ4v) is 3.24. The zero-order valence-electron chi connectivity index (χ0n) is 12.0. The molecule has 0 bridgehead atoms. The van der Waals surface area contributed by atoms with Crippen molar-refractivity contribution in [1.82, 2.24) is 4.98 Å². The van der Waals surface area contributed by atoms with Gasteiger partial charge in [0.15, 0.2) is 5.78 Å². The molecule has 2 aromatic rings. The highest BCUT2D eigenvalue weighted by atomic mass is 79.9. The third-order valence-corrected chi connectivity index (χ3v) is 4.54. The number of rotatable bonds is 3. The van der Waals surface area contributed by atoms with Gasteiger partial charge in [-0.15, -0.1) is 28.3 Å². The van der Waals surface area contributed by atoms with Crippen molar-refractivity contribution in [3.63, 3.8) is 0 Å². The molecular formula is C17H18BrNOS. The molecule has 1 aliphatic carbocycles. The molecule has 0 spiro atoms. The van der Waals surface area contributed by atoms with Crippen molar-refractivity contribution in [3.8, 4) is 0 Å². The molecule has 110 valence electrons. The molecular weight excluding hydrogens is 346 g/mol. The number of aryl methyl sites for hydroxylation is 3. The summed E-state index contributed by atoms with van der Waals surface area (Å²) >= 11 is 1.63. The number of carbonyl (C=O) groups excluding carboxylic acids is 1. The number of fused-ring (bicyclic) bond motifs is 1. The molecule has 1 aliphatic rings. The number of halogens is 1. The Morgan fingerprint density at radius 1 is 1.33 bits per heavy atom. The minimum Gasteiger partial charge on any atom is -0.289 e. The fourth-order valence-electron chi connectivity index (χ4n) is 2.62. The number of nitrogens with zero attached hydrogens (tertiary/aromatic N) is 1. The predicted molar refractivity (Wildman–Crippen MR) is 93.6 cm³/mol. The second kappa shape index (κ2) is 7.14. The van der Waals surface area contributed by atoms with E-state index in [-0.39, 0.29) is 22.8 Å². The first-order valence-electron chi connectivity index (χ1n) is 6.99. The molecule has 3 rings (SSSR count). The van der Waals surface area contributed by atoms with Gasteiger partial charge in [-0.2, -0.15) is 0 Å². The molecule has 21 heavy (non-hydrogen) atoms. The van der Waals surface area contributed by atoms with E-state index in [1.54, 1.807) is 17.4 Å². The second-order valence-corrected chi connectivity index (χ2v) is 6.13. The second-order valence-electron chi connectivity index (χ2n) is 5.15. The van der Waals surface area contributed by atoms with E-state index in [4.69, 9.17) is 0 Å². The maximum absolute atomic E-state index is 12.3. The maximum atomic E-state index is 12.3. The summed E-state index contributed by atoms with van der Waals surface area (Å²) < 4.78 is 0. The highest BCUT2D eigenvalue weighted by molar-refractivity contribution is 8.93. The molecule has 0 saturated heterocycles. The van der Waals surface area contributed by atoms with E-state index in [2.05, 4.69) is 11.1 Å². The van der Waals surface area contributed by atoms with Crippen LogP contribution in [0.4, 0.5) is 0 Å². The lowest BCUT2D eigenvalue weighted by Gasteiger charge is -2.16. The van der Waals surface area contributed by atoms with Gasteiger partial charge in [0.1, 0.15) is 0 Å². The van der Waals surface area contributed by atoms with Gasteiger partial charge in [-0.3, -0.25) is 9.78 Å². The Hall–Kier alpha value is -1.26. The van der Waals surface area contributed by atoms with Gasteiger partial charge in [-0.25, -0.2) is 0 Å². The van der Waals surface area contributed by atoms with Gasteiger partial charge in [0.2, 0.25) is 0 Å². The number of allylic oxidation sites excluding steroid dienone is 1. The summed E-state index contributed by atoms with van der Waals surface area (Å²) in [5.41, 5.74) is 4.05. The van der Waals surface area contributed by atoms with Crippen molar-refractivity contribution >= 4 is 40.2 Å². The Kier molecular flexibility index (Phi) is 5.48. The molecule has 2 heterocycles. The quantitative estimate of drug-likeness (QED) is 0.578. The highest BCUT2D eigenvalue weighted by Crippen LogP contribution is 2.22. The molecule has 0 fully saturated rings. The fraction of sp³-hybridized carbons (Fsp3) is 0.294. The van der Waals surface area contributed by atoms with Crippen LogP contribution in [0.5, 0.6) is 0 Å². The normalized spacial score (nSPS) is 13.8. The van der Waals surface area contributed by atoms with Crippen molar-refractivity contribution in [1.29, 1.82) is 0 Å². The molecule has 2 aromatic heterocycles. The maximum Gasteiger partial charge on any atom is 0.187 e. The smallest absolute Gasteiger partial charge is 0.187 e. The molecule has 0 radical (unpaired) electrons. The van der Waals surface area contributed by atoms with Crippen molar-refractivity contribution in [2.75, 3.05) is 0 Å². The SMILES string of the molecule is Br.Cc1nc2c(cc1C(=O)/C=C/c1cccs1)CCCC2. The van der Waals surface area contributed by atoms with E-state index < -0.39 is 0 Å². The molecule has 0 saturated carbocycles. The summed E-state index contributed by atoms with van der Waals surface area (Å²) in [7, 11) is 0. The Labute approximate surface area is 139 Å². The molecule has 2 nitrogen and oxygen atoms in total. The van der Waals surface area contributed by atoms with Gasteiger partial charge in [0.25, 0.3) is 0 Å². The van der Waals surface area contributed by atoms with E-state index in [1.807, 2.05) is 30.5 Å². The van der Waals surface area contributed by atoms with E-state index in [9.17, 15) is 4.79 Å². The van der Waals surface area contributed by atoms with Gasteiger partial charge in [-0.05, 0) is 67.8 Å². The number of pyridine rings is 1. The largest absolute Gasteiger partial charge is 0.289 e. The van der Waals surface area contributed by atoms with Crippen LogP contribution in [0.1, 0.15) is 45.0 Å². The predicted octanol–water partition coefficient (Wildman–Crippen LogP) is 4.80. The van der Waals surface area contributed by atoms with Crippen molar-refractivity contribution in [3.05, 3.63) is 57.0 Å². The van der Waals surface area contributed by atoms with Crippen molar-refractivity contribution in [2.24, 2.45) is 0 Å². The highest BCUT2D eigenvalue weighted by Gasteiger charge is 2.15. The summed E-state index contributed by atoms with van der Waals surface area (Å²) in [5, 5.41) is 2.01. The van der Waals surface area contributed by atoms with Crippen molar-refractivity contribution in [2.45, 2.75) is 32.6 Å². The van der Waals surface area contributed by atoms with E-state index >= 15 is 0 Å². The minimum atomic E-state index is 0. The van der Waals surface area contributed by atoms with Crippen LogP contribution < -0.4 is 0 Å². The zero-order valence-corrected chi connectivity index (χ0v) is 14.5. The molecule has 0 unspecified atom stereocenters. The van der Waals surface area contributed by atoms with Crippen LogP contribution in [0.25, 0.3) is 6.08 Å².